The summed E-state index contributed by atoms with van der Waals surface area (Å²) in [4.78, 5) is 28.7. The summed E-state index contributed by atoms with van der Waals surface area (Å²) in [6, 6.07) is 16.7. The van der Waals surface area contributed by atoms with Crippen LogP contribution in [0, 0.1) is 6.92 Å². The van der Waals surface area contributed by atoms with Crippen molar-refractivity contribution in [1.29, 1.82) is 0 Å². The fourth-order valence-electron chi connectivity index (χ4n) is 6.52. The van der Waals surface area contributed by atoms with Crippen molar-refractivity contribution < 1.29 is 14.3 Å². The van der Waals surface area contributed by atoms with Crippen LogP contribution in [0.1, 0.15) is 69.9 Å². The number of hydrogen-bond donors (Lipinski definition) is 0. The normalized spacial score (nSPS) is 13.9. The summed E-state index contributed by atoms with van der Waals surface area (Å²) >= 11 is 0. The van der Waals surface area contributed by atoms with Crippen molar-refractivity contribution in [2.75, 3.05) is 13.2 Å². The number of nitrogens with zero attached hydrogens (tertiary/aromatic N) is 5. The molecule has 0 saturated heterocycles. The number of ether oxygens (including phenoxy) is 1. The van der Waals surface area contributed by atoms with Gasteiger partial charge in [0.05, 0.1) is 29.6 Å². The topological polar surface area (TPSA) is 82.2 Å². The van der Waals surface area contributed by atoms with Gasteiger partial charge in [0.2, 0.25) is 0 Å². The molecular weight excluding hydrogens is 526 g/mol. The second kappa shape index (κ2) is 11.1. The number of rotatable bonds is 7. The molecule has 8 heteroatoms. The number of fused-ring (bicyclic) bond motifs is 3. The van der Waals surface area contributed by atoms with E-state index in [4.69, 9.17) is 4.74 Å². The summed E-state index contributed by atoms with van der Waals surface area (Å²) in [6.07, 6.45) is 3.96. The molecule has 0 bridgehead atoms. The van der Waals surface area contributed by atoms with Crippen LogP contribution in [0.2, 0.25) is 0 Å². The van der Waals surface area contributed by atoms with Gasteiger partial charge in [0.15, 0.2) is 0 Å². The van der Waals surface area contributed by atoms with Crippen LogP contribution in [-0.2, 0) is 43.0 Å². The summed E-state index contributed by atoms with van der Waals surface area (Å²) in [6.45, 7) is 7.54. The summed E-state index contributed by atoms with van der Waals surface area (Å²) < 4.78 is 9.20. The van der Waals surface area contributed by atoms with E-state index in [1.807, 2.05) is 55.7 Å². The van der Waals surface area contributed by atoms with Gasteiger partial charge in [-0.05, 0) is 78.3 Å². The number of hydrogen-bond acceptors (Lipinski definition) is 5. The maximum absolute atomic E-state index is 13.9. The van der Waals surface area contributed by atoms with E-state index in [1.54, 1.807) is 4.68 Å². The number of carbonyl (C=O) groups is 2. The van der Waals surface area contributed by atoms with Crippen molar-refractivity contribution in [3.05, 3.63) is 93.7 Å². The minimum absolute atomic E-state index is 0.0486. The zero-order valence-electron chi connectivity index (χ0n) is 25.0. The van der Waals surface area contributed by atoms with Gasteiger partial charge in [-0.2, -0.15) is 0 Å². The van der Waals surface area contributed by atoms with Gasteiger partial charge in [0.1, 0.15) is 5.52 Å². The van der Waals surface area contributed by atoms with Gasteiger partial charge in [-0.25, -0.2) is 4.68 Å². The molecule has 5 aromatic rings. The van der Waals surface area contributed by atoms with Crippen LogP contribution in [0.5, 0.6) is 0 Å². The monoisotopic (exact) mass is 563 g/mol. The maximum Gasteiger partial charge on any atom is 0.306 e. The highest BCUT2D eigenvalue weighted by Crippen LogP contribution is 2.36. The number of esters is 1. The number of carbonyl (C=O) groups excluding carboxylic acids is 2. The largest absolute Gasteiger partial charge is 0.466 e. The van der Waals surface area contributed by atoms with E-state index < -0.39 is 0 Å². The molecule has 1 atom stereocenters. The fraction of sp³-hybridized carbons (Fsp3) is 0.353. The van der Waals surface area contributed by atoms with Gasteiger partial charge in [0, 0.05) is 44.7 Å². The summed E-state index contributed by atoms with van der Waals surface area (Å²) in [5.74, 6) is -0.401. The van der Waals surface area contributed by atoms with Crippen molar-refractivity contribution in [3.63, 3.8) is 0 Å². The van der Waals surface area contributed by atoms with Gasteiger partial charge in [-0.3, -0.25) is 9.59 Å². The second-order valence-electron chi connectivity index (χ2n) is 11.2. The number of aromatic nitrogens is 4. The van der Waals surface area contributed by atoms with E-state index in [-0.39, 0.29) is 24.2 Å². The molecule has 1 amide bonds. The first-order valence-electron chi connectivity index (χ1n) is 14.7. The van der Waals surface area contributed by atoms with Crippen LogP contribution in [0.4, 0.5) is 0 Å². The van der Waals surface area contributed by atoms with Crippen LogP contribution in [-0.4, -0.2) is 49.5 Å². The standard InChI is InChI=1S/C34H37N5O3/c1-6-22-10-11-28(33-27(22)15-16-37(33)4)34(41)39-17-14-23-8-9-24(18-25(23)20-39)29(19-31(40)42-7-2)26-12-13-30-32(21(26)3)35-36-38(30)5/h8-13,15-16,18,29H,6-7,14,17,19-20H2,1-5H3. The lowest BCUT2D eigenvalue weighted by Crippen LogP contribution is -2.36. The Bertz CT molecular complexity index is 1830. The third-order valence-electron chi connectivity index (χ3n) is 8.80. The minimum Gasteiger partial charge on any atom is -0.466 e. The molecule has 0 fully saturated rings. The van der Waals surface area contributed by atoms with Gasteiger partial charge in [-0.1, -0.05) is 42.5 Å². The average Bonchev–Trinajstić information content (AvgIpc) is 3.58. The van der Waals surface area contributed by atoms with E-state index >= 15 is 0 Å². The molecule has 0 N–H and O–H groups in total. The minimum atomic E-state index is -0.238. The number of aryl methyl sites for hydroxylation is 4. The highest BCUT2D eigenvalue weighted by Gasteiger charge is 2.27. The van der Waals surface area contributed by atoms with Crippen LogP contribution in [0.15, 0.2) is 54.7 Å². The van der Waals surface area contributed by atoms with Crippen molar-refractivity contribution in [1.82, 2.24) is 24.5 Å². The van der Waals surface area contributed by atoms with E-state index in [0.29, 0.717) is 19.7 Å². The van der Waals surface area contributed by atoms with Crippen molar-refractivity contribution in [2.45, 2.75) is 52.5 Å². The molecule has 0 radical (unpaired) electrons. The number of amides is 1. The van der Waals surface area contributed by atoms with Gasteiger partial charge in [0.25, 0.3) is 5.91 Å². The Labute approximate surface area is 245 Å². The maximum atomic E-state index is 13.9. The molecule has 3 heterocycles. The molecule has 0 saturated carbocycles. The molecule has 1 aliphatic heterocycles. The van der Waals surface area contributed by atoms with E-state index in [0.717, 1.165) is 62.6 Å². The lowest BCUT2D eigenvalue weighted by molar-refractivity contribution is -0.143. The quantitative estimate of drug-likeness (QED) is 0.240. The van der Waals surface area contributed by atoms with E-state index in [9.17, 15) is 9.59 Å². The molecule has 1 unspecified atom stereocenters. The van der Waals surface area contributed by atoms with Crippen molar-refractivity contribution in [3.8, 4) is 0 Å². The first kappa shape index (κ1) is 27.7. The molecule has 42 heavy (non-hydrogen) atoms. The van der Waals surface area contributed by atoms with E-state index in [2.05, 4.69) is 53.6 Å². The fourth-order valence-corrected chi connectivity index (χ4v) is 6.52. The molecule has 216 valence electrons. The highest BCUT2D eigenvalue weighted by atomic mass is 16.5. The molecule has 2 aromatic heterocycles. The predicted molar refractivity (Wildman–Crippen MR) is 164 cm³/mol. The Morgan fingerprint density at radius 1 is 1.02 bits per heavy atom. The Morgan fingerprint density at radius 3 is 2.64 bits per heavy atom. The third-order valence-corrected chi connectivity index (χ3v) is 8.80. The number of benzene rings is 3. The molecule has 0 spiro atoms. The van der Waals surface area contributed by atoms with E-state index in [1.165, 1.54) is 11.1 Å². The van der Waals surface area contributed by atoms with Crippen LogP contribution in [0.25, 0.3) is 21.9 Å². The Kier molecular flexibility index (Phi) is 7.31. The molecule has 0 aliphatic carbocycles. The smallest absolute Gasteiger partial charge is 0.306 e. The van der Waals surface area contributed by atoms with Crippen molar-refractivity contribution in [2.24, 2.45) is 14.1 Å². The van der Waals surface area contributed by atoms with Crippen molar-refractivity contribution >= 4 is 33.8 Å². The zero-order chi connectivity index (χ0) is 29.5. The molecule has 3 aromatic carbocycles. The third kappa shape index (κ3) is 4.74. The first-order chi connectivity index (χ1) is 20.3. The molecule has 6 rings (SSSR count). The summed E-state index contributed by atoms with van der Waals surface area (Å²) in [5, 5.41) is 9.72. The van der Waals surface area contributed by atoms with Crippen LogP contribution in [0.3, 0.4) is 0 Å². The SMILES string of the molecule is CCOC(=O)CC(c1ccc2c(c1)CN(C(=O)c1ccc(CC)c3ccn(C)c13)CC2)c1ccc2c(nnn2C)c1C. The predicted octanol–water partition coefficient (Wildman–Crippen LogP) is 5.61. The van der Waals surface area contributed by atoms with Crippen LogP contribution < -0.4 is 0 Å². The molecular formula is C34H37N5O3. The average molecular weight is 564 g/mol. The van der Waals surface area contributed by atoms with Gasteiger partial charge >= 0.3 is 5.97 Å². The molecule has 1 aliphatic rings. The lowest BCUT2D eigenvalue weighted by atomic mass is 9.83. The van der Waals surface area contributed by atoms with Gasteiger partial charge in [-0.15, -0.1) is 5.10 Å². The Hall–Kier alpha value is -4.46. The Morgan fingerprint density at radius 2 is 1.86 bits per heavy atom. The summed E-state index contributed by atoms with van der Waals surface area (Å²) in [5.41, 5.74) is 10.2. The zero-order valence-corrected chi connectivity index (χ0v) is 25.0. The Balaban J connectivity index is 1.35. The second-order valence-corrected chi connectivity index (χ2v) is 11.2. The highest BCUT2D eigenvalue weighted by molar-refractivity contribution is 6.07. The van der Waals surface area contributed by atoms with Crippen LogP contribution >= 0.6 is 0 Å². The molecule has 8 nitrogen and oxygen atoms in total. The summed E-state index contributed by atoms with van der Waals surface area (Å²) in [7, 11) is 3.88. The van der Waals surface area contributed by atoms with Gasteiger partial charge < -0.3 is 14.2 Å². The lowest BCUT2D eigenvalue weighted by Gasteiger charge is -2.30. The first-order valence-corrected chi connectivity index (χ1v) is 14.7.